The largest absolute Gasteiger partial charge is 0.351 e. The monoisotopic (exact) mass is 400 g/mol. The van der Waals surface area contributed by atoms with Crippen molar-refractivity contribution < 1.29 is 18.4 Å². The number of tetrazole rings is 1. The number of carbonyl (C=O) groups excluding carboxylic acids is 2. The Morgan fingerprint density at radius 1 is 1.14 bits per heavy atom. The van der Waals surface area contributed by atoms with E-state index in [2.05, 4.69) is 26.2 Å². The summed E-state index contributed by atoms with van der Waals surface area (Å²) in [4.78, 5) is 24.2. The zero-order valence-electron chi connectivity index (χ0n) is 15.5. The molecule has 29 heavy (non-hydrogen) atoms. The fourth-order valence-corrected chi connectivity index (χ4v) is 2.65. The minimum Gasteiger partial charge on any atom is -0.351 e. The van der Waals surface area contributed by atoms with E-state index >= 15 is 0 Å². The summed E-state index contributed by atoms with van der Waals surface area (Å²) in [5.41, 5.74) is 0.832. The standard InChI is InChI=1S/C19H18F2N6O2/c1-2-17-24-25-26-27(17)16-6-4-3-5-15(16)23-18(28)9-10-22-19(29)13-8-7-12(20)11-14(13)21/h3-8,11H,2,9-10H2,1H3,(H,22,29)(H,23,28). The van der Waals surface area contributed by atoms with Gasteiger partial charge in [-0.3, -0.25) is 9.59 Å². The summed E-state index contributed by atoms with van der Waals surface area (Å²) in [6, 6.07) is 9.70. The molecule has 1 heterocycles. The van der Waals surface area contributed by atoms with E-state index in [1.54, 1.807) is 24.3 Å². The molecule has 10 heteroatoms. The highest BCUT2D eigenvalue weighted by molar-refractivity contribution is 5.96. The van der Waals surface area contributed by atoms with Crippen molar-refractivity contribution >= 4 is 17.5 Å². The molecule has 0 aliphatic heterocycles. The highest BCUT2D eigenvalue weighted by atomic mass is 19.1. The first-order chi connectivity index (χ1) is 14.0. The average molecular weight is 400 g/mol. The Labute approximate surface area is 164 Å². The zero-order valence-corrected chi connectivity index (χ0v) is 15.5. The van der Waals surface area contributed by atoms with Gasteiger partial charge in [-0.05, 0) is 34.7 Å². The Hall–Kier alpha value is -3.69. The summed E-state index contributed by atoms with van der Waals surface area (Å²) in [6.45, 7) is 1.89. The molecule has 0 saturated heterocycles. The van der Waals surface area contributed by atoms with Gasteiger partial charge in [-0.15, -0.1) is 5.10 Å². The predicted octanol–water partition coefficient (Wildman–Crippen LogP) is 2.26. The molecule has 0 radical (unpaired) electrons. The van der Waals surface area contributed by atoms with Crippen LogP contribution in [0.25, 0.3) is 5.69 Å². The molecule has 2 amide bonds. The van der Waals surface area contributed by atoms with Gasteiger partial charge in [0.1, 0.15) is 11.6 Å². The fraction of sp³-hybridized carbons (Fsp3) is 0.211. The van der Waals surface area contributed by atoms with E-state index in [-0.39, 0.29) is 24.4 Å². The van der Waals surface area contributed by atoms with Crippen LogP contribution in [-0.4, -0.2) is 38.6 Å². The Morgan fingerprint density at radius 2 is 1.93 bits per heavy atom. The molecule has 2 N–H and O–H groups in total. The molecule has 2 aromatic carbocycles. The van der Waals surface area contributed by atoms with Gasteiger partial charge in [0.05, 0.1) is 16.9 Å². The molecule has 150 valence electrons. The second-order valence-corrected chi connectivity index (χ2v) is 6.06. The lowest BCUT2D eigenvalue weighted by molar-refractivity contribution is -0.116. The number of benzene rings is 2. The van der Waals surface area contributed by atoms with Crippen molar-refractivity contribution in [3.63, 3.8) is 0 Å². The van der Waals surface area contributed by atoms with Crippen LogP contribution in [0.3, 0.4) is 0 Å². The Balaban J connectivity index is 1.60. The SMILES string of the molecule is CCc1nnnn1-c1ccccc1NC(=O)CCNC(=O)c1ccc(F)cc1F. The summed E-state index contributed by atoms with van der Waals surface area (Å²) < 4.78 is 28.1. The molecular weight excluding hydrogens is 382 g/mol. The van der Waals surface area contributed by atoms with Crippen molar-refractivity contribution in [1.82, 2.24) is 25.5 Å². The molecule has 0 fully saturated rings. The van der Waals surface area contributed by atoms with Crippen LogP contribution in [0.5, 0.6) is 0 Å². The number of carbonyl (C=O) groups is 2. The summed E-state index contributed by atoms with van der Waals surface area (Å²) in [5.74, 6) is -2.18. The van der Waals surface area contributed by atoms with Crippen molar-refractivity contribution in [1.29, 1.82) is 0 Å². The minimum atomic E-state index is -0.964. The maximum absolute atomic E-state index is 13.6. The van der Waals surface area contributed by atoms with Gasteiger partial charge in [-0.25, -0.2) is 8.78 Å². The van der Waals surface area contributed by atoms with E-state index < -0.39 is 17.5 Å². The van der Waals surface area contributed by atoms with Gasteiger partial charge in [-0.1, -0.05) is 19.1 Å². The molecule has 3 rings (SSSR count). The molecule has 0 aliphatic carbocycles. The van der Waals surface area contributed by atoms with Crippen LogP contribution in [0.4, 0.5) is 14.5 Å². The van der Waals surface area contributed by atoms with Crippen molar-refractivity contribution in [2.45, 2.75) is 19.8 Å². The highest BCUT2D eigenvalue weighted by Gasteiger charge is 2.14. The Kier molecular flexibility index (Phi) is 6.22. The number of hydrogen-bond donors (Lipinski definition) is 2. The molecule has 0 unspecified atom stereocenters. The topological polar surface area (TPSA) is 102 Å². The molecule has 8 nitrogen and oxygen atoms in total. The number of hydrogen-bond acceptors (Lipinski definition) is 5. The third kappa shape index (κ3) is 4.78. The predicted molar refractivity (Wildman–Crippen MR) is 100 cm³/mol. The second-order valence-electron chi connectivity index (χ2n) is 6.06. The summed E-state index contributed by atoms with van der Waals surface area (Å²) in [5, 5.41) is 16.7. The van der Waals surface area contributed by atoms with Gasteiger partial charge < -0.3 is 10.6 Å². The lowest BCUT2D eigenvalue weighted by atomic mass is 10.2. The maximum atomic E-state index is 13.6. The molecule has 3 aromatic rings. The average Bonchev–Trinajstić information content (AvgIpc) is 3.17. The van der Waals surface area contributed by atoms with Gasteiger partial charge in [0.25, 0.3) is 5.91 Å². The van der Waals surface area contributed by atoms with Crippen LogP contribution in [0.1, 0.15) is 29.5 Å². The van der Waals surface area contributed by atoms with E-state index in [0.29, 0.717) is 29.7 Å². The number of para-hydroxylation sites is 2. The normalized spacial score (nSPS) is 10.6. The van der Waals surface area contributed by atoms with E-state index in [4.69, 9.17) is 0 Å². The summed E-state index contributed by atoms with van der Waals surface area (Å²) >= 11 is 0. The van der Waals surface area contributed by atoms with Gasteiger partial charge in [-0.2, -0.15) is 4.68 Å². The zero-order chi connectivity index (χ0) is 20.8. The van der Waals surface area contributed by atoms with Crippen LogP contribution in [0, 0.1) is 11.6 Å². The number of anilines is 1. The smallest absolute Gasteiger partial charge is 0.254 e. The van der Waals surface area contributed by atoms with Crippen molar-refractivity contribution in [3.8, 4) is 5.69 Å². The summed E-state index contributed by atoms with van der Waals surface area (Å²) in [6.07, 6.45) is 0.570. The van der Waals surface area contributed by atoms with Crippen molar-refractivity contribution in [2.24, 2.45) is 0 Å². The van der Waals surface area contributed by atoms with Gasteiger partial charge in [0.2, 0.25) is 5.91 Å². The highest BCUT2D eigenvalue weighted by Crippen LogP contribution is 2.20. The van der Waals surface area contributed by atoms with Gasteiger partial charge in [0.15, 0.2) is 5.82 Å². The quantitative estimate of drug-likeness (QED) is 0.634. The molecular formula is C19H18F2N6O2. The first-order valence-corrected chi connectivity index (χ1v) is 8.89. The number of nitrogens with zero attached hydrogens (tertiary/aromatic N) is 4. The number of nitrogens with one attached hydrogen (secondary N) is 2. The summed E-state index contributed by atoms with van der Waals surface area (Å²) in [7, 11) is 0. The first kappa shape index (κ1) is 20.1. The molecule has 0 atom stereocenters. The Bertz CT molecular complexity index is 1040. The lowest BCUT2D eigenvalue weighted by Gasteiger charge is -2.12. The van der Waals surface area contributed by atoms with Gasteiger partial charge in [0, 0.05) is 25.5 Å². The van der Waals surface area contributed by atoms with Crippen molar-refractivity contribution in [2.75, 3.05) is 11.9 Å². The van der Waals surface area contributed by atoms with Crippen LogP contribution < -0.4 is 10.6 Å². The molecule has 0 bridgehead atoms. The molecule has 0 aliphatic rings. The number of halogens is 2. The van der Waals surface area contributed by atoms with Gasteiger partial charge >= 0.3 is 0 Å². The molecule has 1 aromatic heterocycles. The maximum Gasteiger partial charge on any atom is 0.254 e. The second kappa shape index (κ2) is 9.00. The molecule has 0 saturated carbocycles. The third-order valence-corrected chi connectivity index (χ3v) is 4.07. The number of aryl methyl sites for hydroxylation is 1. The third-order valence-electron chi connectivity index (χ3n) is 4.07. The minimum absolute atomic E-state index is 0.0191. The number of amides is 2. The van der Waals surface area contributed by atoms with E-state index in [0.717, 1.165) is 12.1 Å². The van der Waals surface area contributed by atoms with Crippen LogP contribution in [0.2, 0.25) is 0 Å². The van der Waals surface area contributed by atoms with Crippen molar-refractivity contribution in [3.05, 3.63) is 65.5 Å². The lowest BCUT2D eigenvalue weighted by Crippen LogP contribution is -2.28. The molecule has 0 spiro atoms. The van der Waals surface area contributed by atoms with Crippen LogP contribution in [-0.2, 0) is 11.2 Å². The Morgan fingerprint density at radius 3 is 2.69 bits per heavy atom. The number of aromatic nitrogens is 4. The van der Waals surface area contributed by atoms with Crippen LogP contribution in [0.15, 0.2) is 42.5 Å². The fourth-order valence-electron chi connectivity index (χ4n) is 2.65. The van der Waals surface area contributed by atoms with E-state index in [1.807, 2.05) is 6.92 Å². The van der Waals surface area contributed by atoms with Crippen LogP contribution >= 0.6 is 0 Å². The van der Waals surface area contributed by atoms with E-state index in [9.17, 15) is 18.4 Å². The number of rotatable bonds is 7. The van der Waals surface area contributed by atoms with E-state index in [1.165, 1.54) is 4.68 Å². The first-order valence-electron chi connectivity index (χ1n) is 8.89.